The van der Waals surface area contributed by atoms with Crippen LogP contribution in [-0.2, 0) is 18.3 Å². The number of carbonyl (C=O) groups excluding carboxylic acids is 1. The molecule has 0 aliphatic carbocycles. The second-order valence-electron chi connectivity index (χ2n) is 11.7. The van der Waals surface area contributed by atoms with E-state index >= 15 is 0 Å². The fourth-order valence-electron chi connectivity index (χ4n) is 4.30. The molecule has 38 heavy (non-hydrogen) atoms. The molecule has 8 nitrogen and oxygen atoms in total. The van der Waals surface area contributed by atoms with Crippen LogP contribution < -0.4 is 5.32 Å². The van der Waals surface area contributed by atoms with E-state index in [-0.39, 0.29) is 13.2 Å². The number of phosphoric acid groups is 1. The van der Waals surface area contributed by atoms with E-state index < -0.39 is 20.0 Å². The van der Waals surface area contributed by atoms with Crippen LogP contribution in [0.25, 0.3) is 0 Å². The van der Waals surface area contributed by atoms with Crippen LogP contribution in [0.5, 0.6) is 0 Å². The summed E-state index contributed by atoms with van der Waals surface area (Å²) < 4.78 is 28.2. The molecule has 0 aliphatic rings. The maximum Gasteiger partial charge on any atom is 0.472 e. The molecule has 0 rings (SSSR count). The standard InChI is InChI=1S/C29H61N2O6P/c1-6-7-8-9-10-11-12-13-14-15-16-17-18-19-20-21-22-23-24-28(37-29(32)30-2)27-36-38(33,34)35-26-25-31(3,4)5/h28H,6-27H2,1-5H3,(H-,30,32,33,34)/p+1. The van der Waals surface area contributed by atoms with Gasteiger partial charge in [-0.3, -0.25) is 9.05 Å². The number of ether oxygens (including phenoxy) is 1. The highest BCUT2D eigenvalue weighted by Crippen LogP contribution is 2.43. The molecule has 0 aromatic rings. The minimum atomic E-state index is -4.18. The molecule has 1 amide bonds. The molecule has 0 bridgehead atoms. The Morgan fingerprint density at radius 1 is 0.763 bits per heavy atom. The first-order valence-electron chi connectivity index (χ1n) is 15.4. The Hall–Kier alpha value is -0.660. The van der Waals surface area contributed by atoms with E-state index in [9.17, 15) is 14.3 Å². The molecule has 0 spiro atoms. The van der Waals surface area contributed by atoms with Gasteiger partial charge in [-0.2, -0.15) is 0 Å². The lowest BCUT2D eigenvalue weighted by atomic mass is 10.0. The molecule has 228 valence electrons. The van der Waals surface area contributed by atoms with Gasteiger partial charge >= 0.3 is 13.9 Å². The quantitative estimate of drug-likeness (QED) is 0.0596. The average molecular weight is 566 g/mol. The van der Waals surface area contributed by atoms with E-state index in [1.54, 1.807) is 0 Å². The summed E-state index contributed by atoms with van der Waals surface area (Å²) in [5.41, 5.74) is 0. The van der Waals surface area contributed by atoms with Gasteiger partial charge in [-0.15, -0.1) is 0 Å². The van der Waals surface area contributed by atoms with Crippen LogP contribution in [0.2, 0.25) is 0 Å². The molecule has 2 atom stereocenters. The molecular formula is C29H62N2O6P+. The van der Waals surface area contributed by atoms with Gasteiger partial charge in [0.1, 0.15) is 19.3 Å². The molecular weight excluding hydrogens is 503 g/mol. The third-order valence-corrected chi connectivity index (χ3v) is 7.78. The van der Waals surface area contributed by atoms with Gasteiger partial charge in [0.05, 0.1) is 27.7 Å². The number of hydrogen-bond donors (Lipinski definition) is 2. The molecule has 0 aromatic heterocycles. The number of phosphoric ester groups is 1. The van der Waals surface area contributed by atoms with Crippen LogP contribution in [0.15, 0.2) is 0 Å². The first-order valence-corrected chi connectivity index (χ1v) is 16.9. The van der Waals surface area contributed by atoms with Crippen molar-refractivity contribution in [2.45, 2.75) is 135 Å². The molecule has 0 aromatic carbocycles. The van der Waals surface area contributed by atoms with Crippen LogP contribution in [0.1, 0.15) is 129 Å². The van der Waals surface area contributed by atoms with Gasteiger partial charge in [0, 0.05) is 7.05 Å². The predicted octanol–water partition coefficient (Wildman–Crippen LogP) is 7.98. The van der Waals surface area contributed by atoms with E-state index in [2.05, 4.69) is 12.2 Å². The Balaban J connectivity index is 3.80. The molecule has 9 heteroatoms. The number of amides is 1. The van der Waals surface area contributed by atoms with E-state index in [4.69, 9.17) is 13.8 Å². The van der Waals surface area contributed by atoms with Crippen molar-refractivity contribution in [3.05, 3.63) is 0 Å². The van der Waals surface area contributed by atoms with Gasteiger partial charge in [-0.1, -0.05) is 116 Å². The zero-order valence-corrected chi connectivity index (χ0v) is 26.4. The van der Waals surface area contributed by atoms with Gasteiger partial charge < -0.3 is 19.4 Å². The number of carbonyl (C=O) groups is 1. The summed E-state index contributed by atoms with van der Waals surface area (Å²) in [6.07, 6.45) is 23.0. The molecule has 0 saturated heterocycles. The second-order valence-corrected chi connectivity index (χ2v) is 13.1. The van der Waals surface area contributed by atoms with Gasteiger partial charge in [0.2, 0.25) is 0 Å². The molecule has 0 aliphatic heterocycles. The smallest absolute Gasteiger partial charge is 0.444 e. The van der Waals surface area contributed by atoms with Crippen molar-refractivity contribution in [2.75, 3.05) is 47.9 Å². The van der Waals surface area contributed by atoms with Crippen molar-refractivity contribution in [2.24, 2.45) is 0 Å². The summed E-state index contributed by atoms with van der Waals surface area (Å²) in [6.45, 7) is 2.79. The summed E-state index contributed by atoms with van der Waals surface area (Å²) in [5, 5.41) is 2.42. The Morgan fingerprint density at radius 2 is 1.18 bits per heavy atom. The zero-order chi connectivity index (χ0) is 28.5. The Morgan fingerprint density at radius 3 is 1.58 bits per heavy atom. The maximum atomic E-state index is 12.1. The van der Waals surface area contributed by atoms with Gasteiger partial charge in [0.25, 0.3) is 0 Å². The molecule has 0 heterocycles. The molecule has 2 unspecified atom stereocenters. The second kappa shape index (κ2) is 24.2. The van der Waals surface area contributed by atoms with Gasteiger partial charge in [-0.25, -0.2) is 9.36 Å². The lowest BCUT2D eigenvalue weighted by molar-refractivity contribution is -0.870. The highest BCUT2D eigenvalue weighted by atomic mass is 31.2. The third-order valence-electron chi connectivity index (χ3n) is 6.80. The predicted molar refractivity (Wildman–Crippen MR) is 157 cm³/mol. The third kappa shape index (κ3) is 26.9. The van der Waals surface area contributed by atoms with E-state index in [0.717, 1.165) is 19.3 Å². The molecule has 0 radical (unpaired) electrons. The summed E-state index contributed by atoms with van der Waals surface area (Å²) >= 11 is 0. The first-order chi connectivity index (χ1) is 18.1. The van der Waals surface area contributed by atoms with E-state index in [1.807, 2.05) is 21.1 Å². The van der Waals surface area contributed by atoms with Crippen LogP contribution in [0.3, 0.4) is 0 Å². The largest absolute Gasteiger partial charge is 0.472 e. The van der Waals surface area contributed by atoms with Crippen molar-refractivity contribution >= 4 is 13.9 Å². The minimum absolute atomic E-state index is 0.109. The SMILES string of the molecule is CCCCCCCCCCCCCCCCCCCCC(COP(=O)(O)OCC[N+](C)(C)C)OC(=O)NC. The summed E-state index contributed by atoms with van der Waals surface area (Å²) in [5.74, 6) is 0. The number of alkyl carbamates (subject to hydrolysis) is 1. The highest BCUT2D eigenvalue weighted by molar-refractivity contribution is 7.47. The van der Waals surface area contributed by atoms with Crippen molar-refractivity contribution < 1.29 is 32.5 Å². The molecule has 2 N–H and O–H groups in total. The number of hydrogen-bond acceptors (Lipinski definition) is 5. The van der Waals surface area contributed by atoms with Crippen molar-refractivity contribution in [3.63, 3.8) is 0 Å². The van der Waals surface area contributed by atoms with Crippen LogP contribution in [-0.4, -0.2) is 69.5 Å². The van der Waals surface area contributed by atoms with Crippen molar-refractivity contribution in [3.8, 4) is 0 Å². The first kappa shape index (κ1) is 37.3. The van der Waals surface area contributed by atoms with Crippen LogP contribution in [0, 0.1) is 0 Å². The zero-order valence-electron chi connectivity index (χ0n) is 25.5. The lowest BCUT2D eigenvalue weighted by Crippen LogP contribution is -2.37. The normalized spacial score (nSPS) is 14.3. The fourth-order valence-corrected chi connectivity index (χ4v) is 5.05. The number of rotatable bonds is 27. The number of unbranched alkanes of at least 4 members (excludes halogenated alkanes) is 17. The molecule has 0 fully saturated rings. The van der Waals surface area contributed by atoms with Crippen molar-refractivity contribution in [1.29, 1.82) is 0 Å². The summed E-state index contributed by atoms with van der Waals surface area (Å²) in [7, 11) is 3.22. The van der Waals surface area contributed by atoms with Crippen LogP contribution in [0.4, 0.5) is 4.79 Å². The lowest BCUT2D eigenvalue weighted by Gasteiger charge is -2.24. The number of likely N-dealkylation sites (N-methyl/N-ethyl adjacent to an activating group) is 1. The number of quaternary nitrogens is 1. The number of nitrogens with one attached hydrogen (secondary N) is 1. The fraction of sp³-hybridized carbons (Fsp3) is 0.966. The van der Waals surface area contributed by atoms with Gasteiger partial charge in [-0.05, 0) is 12.8 Å². The summed E-state index contributed by atoms with van der Waals surface area (Å²) in [6, 6.07) is 0. The van der Waals surface area contributed by atoms with E-state index in [1.165, 1.54) is 103 Å². The topological polar surface area (TPSA) is 94.1 Å². The Kier molecular flexibility index (Phi) is 23.7. The maximum absolute atomic E-state index is 12.1. The average Bonchev–Trinajstić information content (AvgIpc) is 2.85. The van der Waals surface area contributed by atoms with E-state index in [0.29, 0.717) is 17.4 Å². The highest BCUT2D eigenvalue weighted by Gasteiger charge is 2.25. The summed E-state index contributed by atoms with van der Waals surface area (Å²) in [4.78, 5) is 21.6. The minimum Gasteiger partial charge on any atom is -0.444 e. The Bertz CT molecular complexity index is 600. The van der Waals surface area contributed by atoms with Gasteiger partial charge in [0.15, 0.2) is 0 Å². The molecule has 0 saturated carbocycles. The van der Waals surface area contributed by atoms with Crippen molar-refractivity contribution in [1.82, 2.24) is 5.32 Å². The van der Waals surface area contributed by atoms with Crippen LogP contribution >= 0.6 is 7.82 Å². The number of nitrogens with zero attached hydrogens (tertiary/aromatic N) is 1. The Labute approximate surface area is 234 Å². The monoisotopic (exact) mass is 565 g/mol.